The zero-order chi connectivity index (χ0) is 14.8. The number of aromatic nitrogens is 2. The van der Waals surface area contributed by atoms with Gasteiger partial charge in [-0.2, -0.15) is 0 Å². The van der Waals surface area contributed by atoms with E-state index >= 15 is 0 Å². The summed E-state index contributed by atoms with van der Waals surface area (Å²) in [6.45, 7) is 4.23. The molecular formula is C17H23N3O. The van der Waals surface area contributed by atoms with E-state index in [9.17, 15) is 4.79 Å². The topological polar surface area (TPSA) is 46.9 Å². The molecule has 1 aromatic carbocycles. The van der Waals surface area contributed by atoms with Crippen LogP contribution in [0.3, 0.4) is 0 Å². The Bertz CT molecular complexity index is 626. The van der Waals surface area contributed by atoms with Gasteiger partial charge in [-0.3, -0.25) is 4.79 Å². The first kappa shape index (κ1) is 14.1. The van der Waals surface area contributed by atoms with Crippen LogP contribution in [0.25, 0.3) is 11.0 Å². The molecule has 1 aliphatic carbocycles. The van der Waals surface area contributed by atoms with E-state index in [1.54, 1.807) is 6.33 Å². The highest BCUT2D eigenvalue weighted by Crippen LogP contribution is 2.24. The zero-order valence-corrected chi connectivity index (χ0v) is 12.7. The summed E-state index contributed by atoms with van der Waals surface area (Å²) in [5, 5.41) is 3.20. The predicted molar refractivity (Wildman–Crippen MR) is 84.0 cm³/mol. The summed E-state index contributed by atoms with van der Waals surface area (Å²) in [4.78, 5) is 16.8. The summed E-state index contributed by atoms with van der Waals surface area (Å²) in [5.41, 5.74) is 1.95. The Balaban J connectivity index is 1.69. The lowest BCUT2D eigenvalue weighted by Crippen LogP contribution is -2.40. The van der Waals surface area contributed by atoms with E-state index in [0.29, 0.717) is 6.04 Å². The maximum absolute atomic E-state index is 12.5. The van der Waals surface area contributed by atoms with Crippen LogP contribution in [0.2, 0.25) is 0 Å². The lowest BCUT2D eigenvalue weighted by atomic mass is 9.87. The van der Waals surface area contributed by atoms with Crippen LogP contribution in [-0.4, -0.2) is 21.5 Å². The van der Waals surface area contributed by atoms with E-state index in [0.717, 1.165) is 29.8 Å². The molecule has 0 saturated heterocycles. The average Bonchev–Trinajstić information content (AvgIpc) is 2.92. The number of carbonyl (C=O) groups excluding carboxylic acids is 1. The predicted octanol–water partition coefficient (Wildman–Crippen LogP) is 3.29. The van der Waals surface area contributed by atoms with Crippen LogP contribution in [0.5, 0.6) is 0 Å². The van der Waals surface area contributed by atoms with Gasteiger partial charge < -0.3 is 9.88 Å². The number of benzene rings is 1. The van der Waals surface area contributed by atoms with E-state index in [1.807, 2.05) is 35.8 Å². The van der Waals surface area contributed by atoms with Crippen molar-refractivity contribution in [1.82, 2.24) is 14.9 Å². The highest BCUT2D eigenvalue weighted by atomic mass is 16.2. The van der Waals surface area contributed by atoms with Crippen molar-refractivity contribution in [3.05, 3.63) is 30.6 Å². The number of rotatable bonds is 3. The maximum Gasteiger partial charge on any atom is 0.243 e. The van der Waals surface area contributed by atoms with Crippen LogP contribution in [0.1, 0.15) is 45.6 Å². The number of hydrogen-bond donors (Lipinski definition) is 1. The first-order valence-corrected chi connectivity index (χ1v) is 7.87. The van der Waals surface area contributed by atoms with Gasteiger partial charge in [-0.1, -0.05) is 19.1 Å². The number of nitrogens with zero attached hydrogens (tertiary/aromatic N) is 2. The smallest absolute Gasteiger partial charge is 0.243 e. The third-order valence-electron chi connectivity index (χ3n) is 4.64. The van der Waals surface area contributed by atoms with E-state index < -0.39 is 0 Å². The Labute approximate surface area is 125 Å². The second kappa shape index (κ2) is 5.88. The summed E-state index contributed by atoms with van der Waals surface area (Å²) in [5.74, 6) is 0.894. The van der Waals surface area contributed by atoms with E-state index in [4.69, 9.17) is 0 Å². The molecule has 0 radical (unpaired) electrons. The van der Waals surface area contributed by atoms with Crippen LogP contribution in [0, 0.1) is 5.92 Å². The maximum atomic E-state index is 12.5. The molecule has 1 atom stereocenters. The molecule has 4 nitrogen and oxygen atoms in total. The molecular weight excluding hydrogens is 262 g/mol. The quantitative estimate of drug-likeness (QED) is 0.940. The fourth-order valence-electron chi connectivity index (χ4n) is 3.14. The van der Waals surface area contributed by atoms with E-state index in [1.165, 1.54) is 12.8 Å². The van der Waals surface area contributed by atoms with Crippen molar-refractivity contribution in [2.45, 2.75) is 51.6 Å². The number of amides is 1. The number of para-hydroxylation sites is 2. The van der Waals surface area contributed by atoms with Crippen LogP contribution < -0.4 is 5.32 Å². The lowest BCUT2D eigenvalue weighted by molar-refractivity contribution is -0.124. The van der Waals surface area contributed by atoms with Gasteiger partial charge in [-0.05, 0) is 50.7 Å². The minimum absolute atomic E-state index is 0.0951. The summed E-state index contributed by atoms with van der Waals surface area (Å²) in [6, 6.07) is 8.04. The van der Waals surface area contributed by atoms with Crippen molar-refractivity contribution in [3.63, 3.8) is 0 Å². The molecule has 2 aromatic rings. The SMILES string of the molecule is CC1CCC(NC(=O)C(C)n2cnc3ccccc32)CC1. The van der Waals surface area contributed by atoms with Crippen molar-refractivity contribution < 1.29 is 4.79 Å². The molecule has 3 rings (SSSR count). The first-order chi connectivity index (χ1) is 10.1. The van der Waals surface area contributed by atoms with Gasteiger partial charge in [-0.25, -0.2) is 4.98 Å². The van der Waals surface area contributed by atoms with Crippen molar-refractivity contribution in [2.75, 3.05) is 0 Å². The van der Waals surface area contributed by atoms with Gasteiger partial charge in [0.2, 0.25) is 5.91 Å². The molecule has 4 heteroatoms. The average molecular weight is 285 g/mol. The normalized spacial score (nSPS) is 23.9. The van der Waals surface area contributed by atoms with Gasteiger partial charge in [0.1, 0.15) is 6.04 Å². The van der Waals surface area contributed by atoms with Gasteiger partial charge >= 0.3 is 0 Å². The van der Waals surface area contributed by atoms with Crippen molar-refractivity contribution in [3.8, 4) is 0 Å². The summed E-state index contributed by atoms with van der Waals surface area (Å²) < 4.78 is 1.95. The molecule has 1 amide bonds. The summed E-state index contributed by atoms with van der Waals surface area (Å²) >= 11 is 0. The molecule has 1 saturated carbocycles. The molecule has 1 N–H and O–H groups in total. The van der Waals surface area contributed by atoms with Crippen molar-refractivity contribution in [1.29, 1.82) is 0 Å². The fourth-order valence-corrected chi connectivity index (χ4v) is 3.14. The third kappa shape index (κ3) is 2.94. The van der Waals surface area contributed by atoms with E-state index in [-0.39, 0.29) is 11.9 Å². The molecule has 1 heterocycles. The fraction of sp³-hybridized carbons (Fsp3) is 0.529. The van der Waals surface area contributed by atoms with Crippen molar-refractivity contribution >= 4 is 16.9 Å². The molecule has 1 fully saturated rings. The number of hydrogen-bond acceptors (Lipinski definition) is 2. The first-order valence-electron chi connectivity index (χ1n) is 7.87. The lowest BCUT2D eigenvalue weighted by Gasteiger charge is -2.28. The van der Waals surface area contributed by atoms with Gasteiger partial charge in [0.15, 0.2) is 0 Å². The number of carbonyl (C=O) groups is 1. The minimum atomic E-state index is -0.225. The van der Waals surface area contributed by atoms with Crippen LogP contribution in [0.4, 0.5) is 0 Å². The second-order valence-electron chi connectivity index (χ2n) is 6.28. The Morgan fingerprint density at radius 3 is 2.76 bits per heavy atom. The standard InChI is InChI=1S/C17H23N3O/c1-12-7-9-14(10-8-12)19-17(21)13(2)20-11-18-15-5-3-4-6-16(15)20/h3-6,11-14H,7-10H2,1-2H3,(H,19,21). The highest BCUT2D eigenvalue weighted by Gasteiger charge is 2.23. The Hall–Kier alpha value is -1.84. The molecule has 0 bridgehead atoms. The van der Waals surface area contributed by atoms with Gasteiger partial charge in [0.25, 0.3) is 0 Å². The molecule has 112 valence electrons. The van der Waals surface area contributed by atoms with Gasteiger partial charge in [0.05, 0.1) is 17.4 Å². The second-order valence-corrected chi connectivity index (χ2v) is 6.28. The van der Waals surface area contributed by atoms with Crippen molar-refractivity contribution in [2.24, 2.45) is 5.92 Å². The third-order valence-corrected chi connectivity index (χ3v) is 4.64. The number of imidazole rings is 1. The molecule has 21 heavy (non-hydrogen) atoms. The van der Waals surface area contributed by atoms with Crippen LogP contribution in [-0.2, 0) is 4.79 Å². The monoisotopic (exact) mass is 285 g/mol. The largest absolute Gasteiger partial charge is 0.352 e. The zero-order valence-electron chi connectivity index (χ0n) is 12.7. The van der Waals surface area contributed by atoms with Crippen LogP contribution in [0.15, 0.2) is 30.6 Å². The summed E-state index contributed by atoms with van der Waals surface area (Å²) in [6.07, 6.45) is 6.40. The highest BCUT2D eigenvalue weighted by molar-refractivity contribution is 5.83. The molecule has 1 aromatic heterocycles. The Morgan fingerprint density at radius 2 is 2.00 bits per heavy atom. The van der Waals surface area contributed by atoms with E-state index in [2.05, 4.69) is 17.2 Å². The number of nitrogens with one attached hydrogen (secondary N) is 1. The molecule has 0 spiro atoms. The molecule has 1 aliphatic rings. The number of fused-ring (bicyclic) bond motifs is 1. The summed E-state index contributed by atoms with van der Waals surface area (Å²) in [7, 11) is 0. The molecule has 1 unspecified atom stereocenters. The minimum Gasteiger partial charge on any atom is -0.352 e. The Morgan fingerprint density at radius 1 is 1.29 bits per heavy atom. The van der Waals surface area contributed by atoms with Gasteiger partial charge in [-0.15, -0.1) is 0 Å². The Kier molecular flexibility index (Phi) is 3.95. The molecule has 0 aliphatic heterocycles. The van der Waals surface area contributed by atoms with Gasteiger partial charge in [0, 0.05) is 6.04 Å². The van der Waals surface area contributed by atoms with Crippen LogP contribution >= 0.6 is 0 Å².